The zero-order valence-corrected chi connectivity index (χ0v) is 41.0. The Morgan fingerprint density at radius 1 is 0.716 bits per heavy atom. The molecule has 67 heavy (non-hydrogen) atoms. The fraction of sp³-hybridized carbons (Fsp3) is 0.596. The topological polar surface area (TPSA) is 264 Å². The number of benzene rings is 2. The summed E-state index contributed by atoms with van der Waals surface area (Å²) in [6, 6.07) is 5.16. The molecule has 20 nitrogen and oxygen atoms in total. The van der Waals surface area contributed by atoms with E-state index in [-0.39, 0.29) is 51.4 Å². The molecule has 1 heterocycles. The van der Waals surface area contributed by atoms with Crippen LogP contribution in [0.15, 0.2) is 36.4 Å². The smallest absolute Gasteiger partial charge is 0.407 e. The van der Waals surface area contributed by atoms with Crippen molar-refractivity contribution in [2.45, 2.75) is 136 Å². The minimum Gasteiger partial charge on any atom is -0.491 e. The van der Waals surface area contributed by atoms with Crippen molar-refractivity contribution in [2.75, 3.05) is 47.0 Å². The number of alkyl carbamates (subject to hydrolysis) is 3. The number of methoxy groups -OCH3 is 1. The number of hydrogen-bond donors (Lipinski definition) is 6. The number of carbonyl (C=O) groups excluding carboxylic acids is 7. The number of rotatable bonds is 16. The van der Waals surface area contributed by atoms with Crippen molar-refractivity contribution < 1.29 is 62.0 Å². The van der Waals surface area contributed by atoms with Crippen molar-refractivity contribution >= 4 is 42.0 Å². The summed E-state index contributed by atoms with van der Waals surface area (Å²) in [7, 11) is 2.62. The Kier molecular flexibility index (Phi) is 20.1. The zero-order chi connectivity index (χ0) is 50.3. The molecular weight excluding hydrogens is 871 g/mol. The Labute approximate surface area is 393 Å². The minimum absolute atomic E-state index is 0.0166. The third kappa shape index (κ3) is 18.8. The highest BCUT2D eigenvalue weighted by molar-refractivity contribution is 5.95. The molecular formula is C47H71N7O13. The predicted octanol–water partition coefficient (Wildman–Crippen LogP) is 4.40. The maximum Gasteiger partial charge on any atom is 0.407 e. The van der Waals surface area contributed by atoms with Gasteiger partial charge in [0.25, 0.3) is 0 Å². The standard InChI is InChI=1S/C47H71N7O13/c1-28-38(55)53-34(41(58)62-12)26-29-16-18-35(63-23-21-50-43(60)66-46(5,6)7)31(25-29)32-27-30(17-19-36(32)64-24-22-51-44(61)67-47(8,9)10)37(39(56)52-28)54(11)40(57)33(48)15-13-14-20-49-42(59)65-45(2,3)4/h16-19,25,27-28,33-34,37H,13-15,20-24,26,48H2,1-12H3,(H,49,59)(H,50,60)(H,51,61)(H,52,56)(H,53,55)/t28-,33-,34-,37-/m0/s1. The molecule has 0 aromatic heterocycles. The van der Waals surface area contributed by atoms with E-state index < -0.39 is 82.9 Å². The van der Waals surface area contributed by atoms with Crippen molar-refractivity contribution in [3.8, 4) is 22.6 Å². The average Bonchev–Trinajstić information content (AvgIpc) is 3.21. The van der Waals surface area contributed by atoms with Gasteiger partial charge in [-0.2, -0.15) is 0 Å². The monoisotopic (exact) mass is 942 g/mol. The quantitative estimate of drug-likeness (QED) is 0.0775. The van der Waals surface area contributed by atoms with Crippen LogP contribution in [0.1, 0.15) is 106 Å². The Hall–Kier alpha value is -6.31. The second-order valence-electron chi connectivity index (χ2n) is 19.0. The first-order chi connectivity index (χ1) is 31.2. The molecule has 0 spiro atoms. The van der Waals surface area contributed by atoms with E-state index in [1.54, 1.807) is 98.7 Å². The highest BCUT2D eigenvalue weighted by Crippen LogP contribution is 2.40. The molecule has 1 aliphatic rings. The summed E-state index contributed by atoms with van der Waals surface area (Å²) in [5.41, 5.74) is 6.01. The molecule has 2 aromatic carbocycles. The summed E-state index contributed by atoms with van der Waals surface area (Å²) in [5.74, 6) is -2.16. The van der Waals surface area contributed by atoms with Crippen molar-refractivity contribution in [3.05, 3.63) is 47.5 Å². The summed E-state index contributed by atoms with van der Waals surface area (Å²) < 4.78 is 33.6. The van der Waals surface area contributed by atoms with E-state index in [0.717, 1.165) is 0 Å². The SMILES string of the molecule is COC(=O)[C@@H]1Cc2ccc(OCCNC(=O)OC(C)(C)C)c(c2)-c2cc(ccc2OCCNC(=O)OC(C)(C)C)[C@H](N(C)C(=O)[C@@H](N)CCCCNC(=O)OC(C)(C)C)C(=O)N[C@@H](C)C(=O)N1. The number of carbonyl (C=O) groups is 7. The molecule has 2 aromatic rings. The average molecular weight is 942 g/mol. The summed E-state index contributed by atoms with van der Waals surface area (Å²) in [5, 5.41) is 13.4. The lowest BCUT2D eigenvalue weighted by Gasteiger charge is -2.31. The normalized spacial score (nSPS) is 16.9. The molecule has 3 rings (SSSR count). The van der Waals surface area contributed by atoms with Gasteiger partial charge in [-0.25, -0.2) is 19.2 Å². The van der Waals surface area contributed by atoms with Crippen LogP contribution < -0.4 is 41.8 Å². The second kappa shape index (κ2) is 24.5. The van der Waals surface area contributed by atoms with E-state index in [4.69, 9.17) is 34.2 Å². The molecule has 0 saturated heterocycles. The Morgan fingerprint density at radius 2 is 1.21 bits per heavy atom. The molecule has 372 valence electrons. The van der Waals surface area contributed by atoms with Gasteiger partial charge < -0.3 is 65.6 Å². The van der Waals surface area contributed by atoms with Crippen LogP contribution in [0, 0.1) is 0 Å². The molecule has 0 aliphatic carbocycles. The first-order valence-electron chi connectivity index (χ1n) is 22.3. The number of nitrogens with two attached hydrogens (primary N) is 1. The zero-order valence-electron chi connectivity index (χ0n) is 41.0. The van der Waals surface area contributed by atoms with Gasteiger partial charge in [0.2, 0.25) is 17.7 Å². The molecule has 0 unspecified atom stereocenters. The molecule has 0 saturated carbocycles. The number of fused-ring (bicyclic) bond motifs is 5. The molecule has 4 bridgehead atoms. The maximum atomic E-state index is 14.4. The van der Waals surface area contributed by atoms with Gasteiger partial charge in [0.1, 0.15) is 59.6 Å². The van der Waals surface area contributed by atoms with E-state index in [1.807, 2.05) is 0 Å². The van der Waals surface area contributed by atoms with Crippen LogP contribution in [0.4, 0.5) is 14.4 Å². The van der Waals surface area contributed by atoms with Crippen molar-refractivity contribution in [1.29, 1.82) is 0 Å². The van der Waals surface area contributed by atoms with Crippen LogP contribution in [0.5, 0.6) is 11.5 Å². The first kappa shape index (κ1) is 55.0. The predicted molar refractivity (Wildman–Crippen MR) is 248 cm³/mol. The Balaban J connectivity index is 2.12. The van der Waals surface area contributed by atoms with Gasteiger partial charge in [0.15, 0.2) is 0 Å². The van der Waals surface area contributed by atoms with Crippen molar-refractivity contribution in [1.82, 2.24) is 31.5 Å². The molecule has 6 amide bonds. The van der Waals surface area contributed by atoms with Crippen molar-refractivity contribution in [3.63, 3.8) is 0 Å². The summed E-state index contributed by atoms with van der Waals surface area (Å²) in [6.45, 7) is 17.5. The maximum absolute atomic E-state index is 14.4. The van der Waals surface area contributed by atoms with E-state index in [9.17, 15) is 33.6 Å². The lowest BCUT2D eigenvalue weighted by atomic mass is 9.93. The number of nitrogens with zero attached hydrogens (tertiary/aromatic N) is 1. The largest absolute Gasteiger partial charge is 0.491 e. The lowest BCUT2D eigenvalue weighted by Crippen LogP contribution is -2.54. The fourth-order valence-electron chi connectivity index (χ4n) is 6.63. The number of likely N-dealkylation sites (N-methyl/N-ethyl adjacent to an activating group) is 1. The van der Waals surface area contributed by atoms with E-state index in [1.165, 1.54) is 26.0 Å². The van der Waals surface area contributed by atoms with Gasteiger partial charge in [0.05, 0.1) is 26.2 Å². The van der Waals surface area contributed by atoms with E-state index in [0.29, 0.717) is 40.8 Å². The van der Waals surface area contributed by atoms with Crippen LogP contribution in [0.2, 0.25) is 0 Å². The van der Waals surface area contributed by atoms with Gasteiger partial charge >= 0.3 is 24.2 Å². The fourth-order valence-corrected chi connectivity index (χ4v) is 6.63. The van der Waals surface area contributed by atoms with E-state index >= 15 is 0 Å². The number of hydrogen-bond acceptors (Lipinski definition) is 14. The van der Waals surface area contributed by atoms with E-state index in [2.05, 4.69) is 26.6 Å². The minimum atomic E-state index is -1.37. The molecule has 4 atom stereocenters. The number of ether oxygens (including phenoxy) is 6. The first-order valence-corrected chi connectivity index (χ1v) is 22.3. The van der Waals surface area contributed by atoms with Gasteiger partial charge in [0, 0.05) is 31.1 Å². The van der Waals surface area contributed by atoms with Gasteiger partial charge in [-0.1, -0.05) is 12.1 Å². The van der Waals surface area contributed by atoms with Gasteiger partial charge in [-0.3, -0.25) is 14.4 Å². The third-order valence-corrected chi connectivity index (χ3v) is 9.61. The summed E-state index contributed by atoms with van der Waals surface area (Å²) in [6.07, 6.45) is -0.715. The van der Waals surface area contributed by atoms with Crippen LogP contribution in [-0.2, 0) is 44.5 Å². The van der Waals surface area contributed by atoms with Gasteiger partial charge in [-0.05, 0) is 124 Å². The number of esters is 1. The molecule has 0 radical (unpaired) electrons. The Morgan fingerprint density at radius 3 is 1.72 bits per heavy atom. The second-order valence-corrected chi connectivity index (χ2v) is 19.0. The Bertz CT molecular complexity index is 2060. The molecule has 0 fully saturated rings. The number of nitrogens with one attached hydrogen (secondary N) is 5. The highest BCUT2D eigenvalue weighted by Gasteiger charge is 2.35. The third-order valence-electron chi connectivity index (χ3n) is 9.61. The van der Waals surface area contributed by atoms with Crippen LogP contribution in [-0.4, -0.2) is 129 Å². The summed E-state index contributed by atoms with van der Waals surface area (Å²) in [4.78, 5) is 93.4. The van der Waals surface area contributed by atoms with Crippen LogP contribution in [0.25, 0.3) is 11.1 Å². The van der Waals surface area contributed by atoms with Crippen molar-refractivity contribution in [2.24, 2.45) is 5.73 Å². The highest BCUT2D eigenvalue weighted by atomic mass is 16.6. The molecule has 20 heteroatoms. The van der Waals surface area contributed by atoms with Crippen LogP contribution >= 0.6 is 0 Å². The summed E-state index contributed by atoms with van der Waals surface area (Å²) >= 11 is 0. The molecule has 7 N–H and O–H groups in total. The lowest BCUT2D eigenvalue weighted by molar-refractivity contribution is -0.145. The van der Waals surface area contributed by atoms with Crippen LogP contribution in [0.3, 0.4) is 0 Å². The van der Waals surface area contributed by atoms with Gasteiger partial charge in [-0.15, -0.1) is 0 Å². The number of unbranched alkanes of at least 4 members (excludes halogenated alkanes) is 1. The number of amides is 6. The molecule has 1 aliphatic heterocycles.